The molecule has 0 spiro atoms. The van der Waals surface area contributed by atoms with Crippen LogP contribution in [-0.2, 0) is 10.0 Å². The largest absolute Gasteiger partial charge is 0.496 e. The van der Waals surface area contributed by atoms with E-state index in [1.54, 1.807) is 25.3 Å². The Labute approximate surface area is 119 Å². The van der Waals surface area contributed by atoms with Gasteiger partial charge in [-0.25, -0.2) is 0 Å². The highest BCUT2D eigenvalue weighted by molar-refractivity contribution is 7.90. The van der Waals surface area contributed by atoms with E-state index >= 15 is 0 Å². The van der Waals surface area contributed by atoms with Crippen LogP contribution in [0.25, 0.3) is 0 Å². The van der Waals surface area contributed by atoms with E-state index in [1.165, 1.54) is 0 Å². The molecule has 0 N–H and O–H groups in total. The first-order valence-electron chi connectivity index (χ1n) is 6.76. The summed E-state index contributed by atoms with van der Waals surface area (Å²) in [5.74, 6) is 1.10. The fourth-order valence-electron chi connectivity index (χ4n) is 2.69. The minimum atomic E-state index is -3.61. The van der Waals surface area contributed by atoms with Gasteiger partial charge in [-0.15, -0.1) is 4.40 Å². The molecular formula is C14H18N2O3S. The molecule has 6 heteroatoms. The van der Waals surface area contributed by atoms with Crippen molar-refractivity contribution < 1.29 is 13.2 Å². The van der Waals surface area contributed by atoms with Gasteiger partial charge in [-0.3, -0.25) is 0 Å². The molecule has 0 amide bonds. The van der Waals surface area contributed by atoms with Crippen molar-refractivity contribution >= 4 is 15.9 Å². The Morgan fingerprint density at radius 2 is 2.05 bits per heavy atom. The number of fused-ring (bicyclic) bond motifs is 1. The van der Waals surface area contributed by atoms with Crippen molar-refractivity contribution in [2.24, 2.45) is 4.40 Å². The molecule has 1 aromatic rings. The van der Waals surface area contributed by atoms with E-state index in [1.807, 2.05) is 0 Å². The van der Waals surface area contributed by atoms with Gasteiger partial charge in [0.25, 0.3) is 10.0 Å². The van der Waals surface area contributed by atoms with E-state index in [4.69, 9.17) is 4.74 Å². The van der Waals surface area contributed by atoms with Gasteiger partial charge >= 0.3 is 0 Å². The van der Waals surface area contributed by atoms with Crippen molar-refractivity contribution in [1.29, 1.82) is 0 Å². The van der Waals surface area contributed by atoms with Crippen LogP contribution in [0.1, 0.15) is 32.3 Å². The van der Waals surface area contributed by atoms with Crippen LogP contribution in [0.3, 0.4) is 0 Å². The summed E-state index contributed by atoms with van der Waals surface area (Å²) in [4.78, 5) is 2.35. The minimum absolute atomic E-state index is 0.201. The molecule has 0 bridgehead atoms. The molecule has 1 heterocycles. The predicted octanol–water partition coefficient (Wildman–Crippen LogP) is 2.02. The molecule has 3 rings (SSSR count). The summed E-state index contributed by atoms with van der Waals surface area (Å²) in [6.45, 7) is 4.11. The Bertz CT molecular complexity index is 674. The molecule has 1 fully saturated rings. The summed E-state index contributed by atoms with van der Waals surface area (Å²) < 4.78 is 33.8. The van der Waals surface area contributed by atoms with Crippen LogP contribution in [0, 0.1) is 0 Å². The fraction of sp³-hybridized carbons (Fsp3) is 0.500. The number of nitrogens with zero attached hydrogens (tertiary/aromatic N) is 2. The zero-order valence-corrected chi connectivity index (χ0v) is 12.6. The predicted molar refractivity (Wildman–Crippen MR) is 76.7 cm³/mol. The summed E-state index contributed by atoms with van der Waals surface area (Å²) >= 11 is 0. The third kappa shape index (κ3) is 1.98. The van der Waals surface area contributed by atoms with Crippen LogP contribution >= 0.6 is 0 Å². The van der Waals surface area contributed by atoms with Crippen molar-refractivity contribution in [3.05, 3.63) is 23.8 Å². The molecule has 0 aromatic heterocycles. The number of hydrogen-bond acceptors (Lipinski definition) is 4. The molecule has 1 aliphatic heterocycles. The van der Waals surface area contributed by atoms with Gasteiger partial charge in [0.1, 0.15) is 10.6 Å². The molecule has 0 saturated heterocycles. The SMILES string of the molecule is COc1cccc2c1C(N(C(C)C)C1CC1)=NS2(=O)=O. The Kier molecular flexibility index (Phi) is 3.01. The van der Waals surface area contributed by atoms with E-state index in [9.17, 15) is 8.42 Å². The van der Waals surface area contributed by atoms with Crippen LogP contribution in [0.15, 0.2) is 27.5 Å². The smallest absolute Gasteiger partial charge is 0.285 e. The Morgan fingerprint density at radius 1 is 1.35 bits per heavy atom. The zero-order chi connectivity index (χ0) is 14.5. The summed E-state index contributed by atoms with van der Waals surface area (Å²) in [6.07, 6.45) is 2.17. The molecule has 5 nitrogen and oxygen atoms in total. The van der Waals surface area contributed by atoms with Crippen molar-refractivity contribution in [2.45, 2.75) is 43.7 Å². The van der Waals surface area contributed by atoms with E-state index in [0.717, 1.165) is 12.8 Å². The lowest BCUT2D eigenvalue weighted by Gasteiger charge is -2.29. The second-order valence-corrected chi connectivity index (χ2v) is 7.03. The maximum atomic E-state index is 12.2. The van der Waals surface area contributed by atoms with Crippen LogP contribution in [-0.4, -0.2) is 38.3 Å². The highest BCUT2D eigenvalue weighted by atomic mass is 32.2. The maximum Gasteiger partial charge on any atom is 0.285 e. The van der Waals surface area contributed by atoms with Gasteiger partial charge in [0.05, 0.1) is 12.7 Å². The molecule has 108 valence electrons. The average molecular weight is 294 g/mol. The second kappa shape index (κ2) is 4.48. The zero-order valence-electron chi connectivity index (χ0n) is 11.8. The number of sulfonamides is 1. The second-order valence-electron chi connectivity index (χ2n) is 5.46. The molecule has 1 aromatic carbocycles. The standard InChI is InChI=1S/C14H18N2O3S/c1-9(2)16(10-7-8-10)14-13-11(19-3)5-4-6-12(13)20(17,18)15-14/h4-6,9-10H,7-8H2,1-3H3. The Balaban J connectivity index is 2.19. The monoisotopic (exact) mass is 294 g/mol. The highest BCUT2D eigenvalue weighted by Gasteiger charge is 2.41. The van der Waals surface area contributed by atoms with Crippen molar-refractivity contribution in [1.82, 2.24) is 4.90 Å². The van der Waals surface area contributed by atoms with E-state index in [2.05, 4.69) is 23.1 Å². The molecular weight excluding hydrogens is 276 g/mol. The van der Waals surface area contributed by atoms with Crippen molar-refractivity contribution in [2.75, 3.05) is 7.11 Å². The molecule has 0 unspecified atom stereocenters. The number of rotatable bonds is 3. The molecule has 20 heavy (non-hydrogen) atoms. The molecule has 0 radical (unpaired) electrons. The van der Waals surface area contributed by atoms with Crippen molar-refractivity contribution in [3.8, 4) is 5.75 Å². The van der Waals surface area contributed by atoms with Gasteiger partial charge < -0.3 is 9.64 Å². The van der Waals surface area contributed by atoms with Crippen LogP contribution in [0.2, 0.25) is 0 Å². The highest BCUT2D eigenvalue weighted by Crippen LogP contribution is 2.39. The van der Waals surface area contributed by atoms with E-state index in [-0.39, 0.29) is 10.9 Å². The quantitative estimate of drug-likeness (QED) is 0.855. The average Bonchev–Trinajstić information content (AvgIpc) is 3.16. The summed E-state index contributed by atoms with van der Waals surface area (Å²) in [5.41, 5.74) is 0.607. The summed E-state index contributed by atoms with van der Waals surface area (Å²) in [7, 11) is -2.05. The first-order valence-corrected chi connectivity index (χ1v) is 8.20. The Morgan fingerprint density at radius 3 is 2.60 bits per heavy atom. The van der Waals surface area contributed by atoms with Gasteiger partial charge in [0.2, 0.25) is 0 Å². The summed E-state index contributed by atoms with van der Waals surface area (Å²) in [6, 6.07) is 5.65. The minimum Gasteiger partial charge on any atom is -0.496 e. The van der Waals surface area contributed by atoms with Gasteiger partial charge in [0, 0.05) is 12.1 Å². The third-order valence-corrected chi connectivity index (χ3v) is 4.97. The molecule has 1 saturated carbocycles. The molecule has 0 atom stereocenters. The van der Waals surface area contributed by atoms with Gasteiger partial charge in [0.15, 0.2) is 5.84 Å². The molecule has 1 aliphatic carbocycles. The number of amidine groups is 1. The fourth-order valence-corrected chi connectivity index (χ4v) is 3.91. The van der Waals surface area contributed by atoms with Gasteiger partial charge in [-0.05, 0) is 38.8 Å². The van der Waals surface area contributed by atoms with Gasteiger partial charge in [-0.2, -0.15) is 8.42 Å². The van der Waals surface area contributed by atoms with Gasteiger partial charge in [-0.1, -0.05) is 6.07 Å². The topological polar surface area (TPSA) is 59.0 Å². The van der Waals surface area contributed by atoms with Crippen molar-refractivity contribution in [3.63, 3.8) is 0 Å². The normalized spacial score (nSPS) is 19.7. The first kappa shape index (κ1) is 13.4. The lowest BCUT2D eigenvalue weighted by Crippen LogP contribution is -2.38. The summed E-state index contributed by atoms with van der Waals surface area (Å²) in [5, 5.41) is 0. The van der Waals surface area contributed by atoms with Crippen LogP contribution < -0.4 is 4.74 Å². The Hall–Kier alpha value is -1.56. The number of ether oxygens (including phenoxy) is 1. The number of hydrogen-bond donors (Lipinski definition) is 0. The molecule has 2 aliphatic rings. The number of methoxy groups -OCH3 is 1. The van der Waals surface area contributed by atoms with E-state index < -0.39 is 10.0 Å². The first-order chi connectivity index (χ1) is 9.45. The lowest BCUT2D eigenvalue weighted by molar-refractivity contribution is 0.339. The number of benzene rings is 1. The lowest BCUT2D eigenvalue weighted by atomic mass is 10.1. The van der Waals surface area contributed by atoms with Crippen LogP contribution in [0.4, 0.5) is 0 Å². The third-order valence-electron chi connectivity index (χ3n) is 3.66. The maximum absolute atomic E-state index is 12.2. The van der Waals surface area contributed by atoms with Crippen LogP contribution in [0.5, 0.6) is 5.75 Å². The van der Waals surface area contributed by atoms with E-state index in [0.29, 0.717) is 23.2 Å².